The third-order valence-corrected chi connectivity index (χ3v) is 13.0. The lowest BCUT2D eigenvalue weighted by Crippen LogP contribution is -2.27. The van der Waals surface area contributed by atoms with Crippen LogP contribution >= 0.6 is 63.7 Å². The molecule has 228 valence electrons. The summed E-state index contributed by atoms with van der Waals surface area (Å²) < 4.78 is 5.21. The van der Waals surface area contributed by atoms with E-state index in [-0.39, 0.29) is 3.74 Å². The van der Waals surface area contributed by atoms with Crippen LogP contribution in [0.15, 0.2) is 91.0 Å². The predicted octanol–water partition coefficient (Wildman–Crippen LogP) is 9.81. The van der Waals surface area contributed by atoms with Gasteiger partial charge in [0.15, 0.2) is 23.3 Å². The summed E-state index contributed by atoms with van der Waals surface area (Å²) in [5, 5.41) is 3.38. The van der Waals surface area contributed by atoms with Crippen LogP contribution < -0.4 is 4.74 Å². The summed E-state index contributed by atoms with van der Waals surface area (Å²) in [6.07, 6.45) is 0. The molecule has 0 saturated heterocycles. The zero-order valence-corrected chi connectivity index (χ0v) is 30.2. The minimum atomic E-state index is -0.968. The number of hydrogen-bond donors (Lipinski definition) is 2. The van der Waals surface area contributed by atoms with Crippen molar-refractivity contribution in [2.45, 2.75) is 7.16 Å². The molecule has 2 aliphatic heterocycles. The number of aromatic nitrogens is 8. The number of aromatic amines is 2. The summed E-state index contributed by atoms with van der Waals surface area (Å²) in [6, 6.07) is 29.7. The number of H-pyrrole nitrogens is 2. The first-order chi connectivity index (χ1) is 22.8. The minimum Gasteiger partial charge on any atom is -0.463 e. The normalized spacial score (nSPS) is 12.4. The van der Waals surface area contributed by atoms with Gasteiger partial charge in [-0.3, -0.25) is 0 Å². The van der Waals surface area contributed by atoms with E-state index in [9.17, 15) is 0 Å². The van der Waals surface area contributed by atoms with E-state index in [1.165, 1.54) is 0 Å². The average molecular weight is 874 g/mol. The van der Waals surface area contributed by atoms with Crippen molar-refractivity contribution in [2.24, 2.45) is 0 Å². The number of benzene rings is 4. The van der Waals surface area contributed by atoms with Gasteiger partial charge in [-0.2, -0.15) is 0 Å². The number of alkyl halides is 4. The molecule has 13 heteroatoms. The van der Waals surface area contributed by atoms with Crippen molar-refractivity contribution < 1.29 is 4.74 Å². The molecule has 0 unspecified atom stereocenters. The number of hydrogen-bond acceptors (Lipinski definition) is 7. The molecular formula is C34H18Br4N8O. The van der Waals surface area contributed by atoms with Gasteiger partial charge in [-0.1, -0.05) is 117 Å². The lowest BCUT2D eigenvalue weighted by molar-refractivity contribution is 0.294. The highest BCUT2D eigenvalue weighted by Gasteiger charge is 2.33. The Hall–Kier alpha value is -4.04. The summed E-state index contributed by atoms with van der Waals surface area (Å²) in [5.74, 6) is 2.71. The Morgan fingerprint density at radius 2 is 0.894 bits per heavy atom. The van der Waals surface area contributed by atoms with Crippen molar-refractivity contribution in [3.05, 3.63) is 91.0 Å². The topological polar surface area (TPSA) is 118 Å². The van der Waals surface area contributed by atoms with Crippen LogP contribution in [-0.2, 0) is 0 Å². The van der Waals surface area contributed by atoms with Crippen molar-refractivity contribution in [1.82, 2.24) is 39.9 Å². The maximum absolute atomic E-state index is 6.45. The van der Waals surface area contributed by atoms with Crippen LogP contribution in [0.4, 0.5) is 0 Å². The molecule has 0 spiro atoms. The van der Waals surface area contributed by atoms with Crippen LogP contribution in [0.25, 0.3) is 89.7 Å². The van der Waals surface area contributed by atoms with Gasteiger partial charge < -0.3 is 14.7 Å². The monoisotopic (exact) mass is 870 g/mol. The van der Waals surface area contributed by atoms with E-state index in [0.29, 0.717) is 51.6 Å². The molecule has 0 atom stereocenters. The van der Waals surface area contributed by atoms with E-state index in [1.54, 1.807) is 0 Å². The van der Waals surface area contributed by atoms with Crippen LogP contribution in [0.3, 0.4) is 0 Å². The first-order valence-electron chi connectivity index (χ1n) is 14.4. The van der Waals surface area contributed by atoms with Crippen molar-refractivity contribution in [2.75, 3.05) is 0 Å². The van der Waals surface area contributed by atoms with E-state index in [1.807, 2.05) is 91.0 Å². The fourth-order valence-electron chi connectivity index (χ4n) is 5.93. The molecule has 2 aliphatic rings. The average Bonchev–Trinajstić information content (AvgIpc) is 3.80. The van der Waals surface area contributed by atoms with Gasteiger partial charge in [-0.15, -0.1) is 0 Å². The zero-order chi connectivity index (χ0) is 31.9. The maximum Gasteiger partial charge on any atom is 0.239 e. The largest absolute Gasteiger partial charge is 0.463 e. The lowest BCUT2D eigenvalue weighted by Gasteiger charge is -2.24. The van der Waals surface area contributed by atoms with Crippen LogP contribution in [-0.4, -0.2) is 47.0 Å². The molecule has 3 aromatic heterocycles. The molecule has 7 aromatic rings. The Labute approximate surface area is 299 Å². The van der Waals surface area contributed by atoms with Crippen molar-refractivity contribution in [3.63, 3.8) is 0 Å². The molecular weight excluding hydrogens is 856 g/mol. The van der Waals surface area contributed by atoms with Gasteiger partial charge in [0, 0.05) is 38.4 Å². The highest BCUT2D eigenvalue weighted by atomic mass is 79.9. The molecule has 0 aliphatic carbocycles. The third kappa shape index (κ3) is 4.82. The molecule has 0 amide bonds. The van der Waals surface area contributed by atoms with Gasteiger partial charge >= 0.3 is 0 Å². The SMILES string of the molecule is BrC(Br)C(Br)(Br)Oc1cccc2c3nc4nc(nc5[nH]c(nc6nc(nc([nH]3)c12)-c1ccccc1-6)c1ccccc51)-c1ccccc1-4. The molecule has 2 N–H and O–H groups in total. The minimum absolute atomic E-state index is 0.271. The second kappa shape index (κ2) is 11.0. The number of rotatable bonds is 3. The van der Waals surface area contributed by atoms with Gasteiger partial charge in [-0.05, 0) is 37.9 Å². The number of fused-ring (bicyclic) bond motifs is 20. The van der Waals surface area contributed by atoms with Crippen molar-refractivity contribution in [3.8, 4) is 51.3 Å². The first kappa shape index (κ1) is 29.1. The Kier molecular flexibility index (Phi) is 6.82. The number of halogens is 4. The Morgan fingerprint density at radius 3 is 1.38 bits per heavy atom. The second-order valence-corrected chi connectivity index (χ2v) is 17.4. The van der Waals surface area contributed by atoms with Crippen LogP contribution in [0.1, 0.15) is 0 Å². The van der Waals surface area contributed by atoms with Crippen LogP contribution in [0.2, 0.25) is 0 Å². The van der Waals surface area contributed by atoms with Crippen molar-refractivity contribution >= 4 is 108 Å². The summed E-state index contributed by atoms with van der Waals surface area (Å²) in [4.78, 5) is 37.1. The fourth-order valence-corrected chi connectivity index (χ4v) is 6.47. The van der Waals surface area contributed by atoms with Gasteiger partial charge in [0.25, 0.3) is 0 Å². The van der Waals surface area contributed by atoms with Gasteiger partial charge in [0.2, 0.25) is 3.42 Å². The van der Waals surface area contributed by atoms with Crippen LogP contribution in [0.5, 0.6) is 5.75 Å². The quantitative estimate of drug-likeness (QED) is 0.170. The summed E-state index contributed by atoms with van der Waals surface area (Å²) >= 11 is 14.3. The van der Waals surface area contributed by atoms with Gasteiger partial charge in [-0.25, -0.2) is 29.9 Å². The summed E-state index contributed by atoms with van der Waals surface area (Å²) in [7, 11) is 0. The van der Waals surface area contributed by atoms with E-state index >= 15 is 0 Å². The number of nitrogens with one attached hydrogen (secondary N) is 2. The molecule has 5 heterocycles. The molecule has 4 aromatic carbocycles. The fraction of sp³-hybridized carbons (Fsp3) is 0.0588. The van der Waals surface area contributed by atoms with E-state index in [4.69, 9.17) is 34.6 Å². The summed E-state index contributed by atoms with van der Waals surface area (Å²) in [6.45, 7) is 0. The summed E-state index contributed by atoms with van der Waals surface area (Å²) in [5.41, 5.74) is 5.90. The first-order valence-corrected chi connectivity index (χ1v) is 17.8. The standard InChI is InChI=1S/C34H18Br4N8O/c35-33(36)34(37,38)47-23-15-7-14-22-24(23)32-45-30-21-13-6-5-12-20(21)28(43-30)41-26-17-9-2-1-8-16(17)25(39-26)40-27-18-10-3-4-11-19(18)29(42-27)44-31(22)46-32/h1-15,33H,(H2,39,40,41,42,43,44,45,46). The van der Waals surface area contributed by atoms with Crippen LogP contribution in [0, 0.1) is 0 Å². The van der Waals surface area contributed by atoms with E-state index < -0.39 is 3.42 Å². The second-order valence-electron chi connectivity index (χ2n) is 10.9. The molecule has 0 saturated carbocycles. The Balaban J connectivity index is 1.46. The van der Waals surface area contributed by atoms with Gasteiger partial charge in [0.1, 0.15) is 32.1 Å². The highest BCUT2D eigenvalue weighted by molar-refractivity contribution is 9.29. The number of ether oxygens (including phenoxy) is 1. The van der Waals surface area contributed by atoms with E-state index in [2.05, 4.69) is 73.7 Å². The highest BCUT2D eigenvalue weighted by Crippen LogP contribution is 2.44. The molecule has 0 fully saturated rings. The molecule has 47 heavy (non-hydrogen) atoms. The van der Waals surface area contributed by atoms with Crippen molar-refractivity contribution in [1.29, 1.82) is 0 Å². The maximum atomic E-state index is 6.45. The molecule has 8 bridgehead atoms. The molecule has 0 radical (unpaired) electrons. The third-order valence-electron chi connectivity index (χ3n) is 8.04. The predicted molar refractivity (Wildman–Crippen MR) is 199 cm³/mol. The van der Waals surface area contributed by atoms with Gasteiger partial charge in [0.05, 0.1) is 5.39 Å². The zero-order valence-electron chi connectivity index (χ0n) is 23.8. The van der Waals surface area contributed by atoms with E-state index in [0.717, 1.165) is 43.8 Å². The molecule has 9 nitrogen and oxygen atoms in total. The Bertz CT molecular complexity index is 2590. The molecule has 9 rings (SSSR count). The lowest BCUT2D eigenvalue weighted by atomic mass is 10.1. The smallest absolute Gasteiger partial charge is 0.239 e. The number of nitrogens with zero attached hydrogens (tertiary/aromatic N) is 6. The Morgan fingerprint density at radius 1 is 0.489 bits per heavy atom.